The Hall–Kier alpha value is -2.70. The number of ether oxygens (including phenoxy) is 2. The molecule has 1 unspecified atom stereocenters. The Morgan fingerprint density at radius 2 is 1.31 bits per heavy atom. The second-order valence-electron chi connectivity index (χ2n) is 7.70. The highest BCUT2D eigenvalue weighted by Gasteiger charge is 2.53. The highest BCUT2D eigenvalue weighted by atomic mass is 28.4. The summed E-state index contributed by atoms with van der Waals surface area (Å²) in [6.45, 7) is 10.0. The van der Waals surface area contributed by atoms with Crippen LogP contribution >= 0.6 is 0 Å². The number of carbonyl (C=O) groups is 2. The van der Waals surface area contributed by atoms with Gasteiger partial charge in [0.2, 0.25) is 0 Å². The molecule has 0 bridgehead atoms. The van der Waals surface area contributed by atoms with Gasteiger partial charge in [-0.2, -0.15) is 0 Å². The zero-order valence-electron chi connectivity index (χ0n) is 17.6. The maximum atomic E-state index is 12.6. The molecule has 0 spiro atoms. The summed E-state index contributed by atoms with van der Waals surface area (Å²) in [4.78, 5) is 24.8. The Morgan fingerprint density at radius 1 is 0.862 bits per heavy atom. The SMILES string of the molecule is C=C(C(=O)OC)C(O[Si](c1ccccc1)(c1ccccc1)C(C)(C)C)C(=O)OC. The lowest BCUT2D eigenvalue weighted by atomic mass is 10.2. The molecule has 0 fully saturated rings. The third kappa shape index (κ3) is 4.49. The van der Waals surface area contributed by atoms with Crippen LogP contribution in [0.4, 0.5) is 0 Å². The van der Waals surface area contributed by atoms with Crippen molar-refractivity contribution in [2.24, 2.45) is 0 Å². The largest absolute Gasteiger partial charge is 0.467 e. The third-order valence-electron chi connectivity index (χ3n) is 4.89. The van der Waals surface area contributed by atoms with Crippen molar-refractivity contribution < 1.29 is 23.5 Å². The molecular weight excluding hydrogens is 384 g/mol. The number of carbonyl (C=O) groups excluding carboxylic acids is 2. The van der Waals surface area contributed by atoms with Crippen LogP contribution in [0.25, 0.3) is 0 Å². The number of hydrogen-bond acceptors (Lipinski definition) is 5. The first kappa shape index (κ1) is 22.6. The van der Waals surface area contributed by atoms with Gasteiger partial charge in [0.25, 0.3) is 8.32 Å². The van der Waals surface area contributed by atoms with Crippen molar-refractivity contribution in [1.29, 1.82) is 0 Å². The predicted molar refractivity (Wildman–Crippen MR) is 116 cm³/mol. The van der Waals surface area contributed by atoms with Crippen LogP contribution in [0.1, 0.15) is 20.8 Å². The lowest BCUT2D eigenvalue weighted by Crippen LogP contribution is -2.68. The molecule has 29 heavy (non-hydrogen) atoms. The minimum absolute atomic E-state index is 0.0904. The minimum atomic E-state index is -3.08. The summed E-state index contributed by atoms with van der Waals surface area (Å²) in [7, 11) is -0.583. The zero-order valence-corrected chi connectivity index (χ0v) is 18.6. The van der Waals surface area contributed by atoms with Crippen LogP contribution in [0.15, 0.2) is 72.8 Å². The first-order valence-corrected chi connectivity index (χ1v) is 11.2. The van der Waals surface area contributed by atoms with Crippen LogP contribution in [0.3, 0.4) is 0 Å². The summed E-state index contributed by atoms with van der Waals surface area (Å²) in [5.74, 6) is -1.40. The normalized spacial score (nSPS) is 12.7. The van der Waals surface area contributed by atoms with Crippen molar-refractivity contribution in [3.63, 3.8) is 0 Å². The second-order valence-corrected chi connectivity index (χ2v) is 12.0. The van der Waals surface area contributed by atoms with E-state index < -0.39 is 26.4 Å². The average molecular weight is 413 g/mol. The van der Waals surface area contributed by atoms with Gasteiger partial charge in [-0.05, 0) is 15.4 Å². The van der Waals surface area contributed by atoms with Crippen LogP contribution in [-0.2, 0) is 23.5 Å². The Labute approximate surface area is 173 Å². The molecule has 2 rings (SSSR count). The van der Waals surface area contributed by atoms with E-state index in [1.165, 1.54) is 14.2 Å². The topological polar surface area (TPSA) is 61.8 Å². The fourth-order valence-electron chi connectivity index (χ4n) is 3.47. The highest BCUT2D eigenvalue weighted by Crippen LogP contribution is 2.38. The molecule has 6 heteroatoms. The number of methoxy groups -OCH3 is 2. The maximum Gasteiger partial charge on any atom is 0.338 e. The minimum Gasteiger partial charge on any atom is -0.467 e. The molecule has 0 aliphatic rings. The van der Waals surface area contributed by atoms with E-state index >= 15 is 0 Å². The maximum absolute atomic E-state index is 12.6. The van der Waals surface area contributed by atoms with Crippen molar-refractivity contribution in [2.75, 3.05) is 14.2 Å². The molecule has 2 aromatic carbocycles. The summed E-state index contributed by atoms with van der Waals surface area (Å²) in [5, 5.41) is 1.58. The number of esters is 2. The van der Waals surface area contributed by atoms with Crippen LogP contribution in [0, 0.1) is 0 Å². The molecule has 0 saturated heterocycles. The monoisotopic (exact) mass is 412 g/mol. The van der Waals surface area contributed by atoms with E-state index in [0.717, 1.165) is 10.4 Å². The molecule has 0 heterocycles. The van der Waals surface area contributed by atoms with Gasteiger partial charge in [-0.1, -0.05) is 88.0 Å². The summed E-state index contributed by atoms with van der Waals surface area (Å²) in [6.07, 6.45) is -1.28. The van der Waals surface area contributed by atoms with E-state index in [2.05, 4.69) is 27.4 Å². The molecule has 0 N–H and O–H groups in total. The third-order valence-corrected chi connectivity index (χ3v) is 9.89. The molecule has 0 aliphatic carbocycles. The van der Waals surface area contributed by atoms with Crippen molar-refractivity contribution in [3.05, 3.63) is 72.8 Å². The molecular formula is C23H28O5Si. The smallest absolute Gasteiger partial charge is 0.338 e. The van der Waals surface area contributed by atoms with E-state index in [1.807, 2.05) is 60.7 Å². The zero-order chi connectivity index (χ0) is 21.7. The summed E-state index contributed by atoms with van der Waals surface area (Å²) < 4.78 is 16.4. The lowest BCUT2D eigenvalue weighted by Gasteiger charge is -2.44. The number of hydrogen-bond donors (Lipinski definition) is 0. The van der Waals surface area contributed by atoms with Gasteiger partial charge in [-0.25, -0.2) is 9.59 Å². The fourth-order valence-corrected chi connectivity index (χ4v) is 8.08. The van der Waals surface area contributed by atoms with Gasteiger partial charge in [0.15, 0.2) is 6.10 Å². The van der Waals surface area contributed by atoms with E-state index in [0.29, 0.717) is 0 Å². The van der Waals surface area contributed by atoms with Gasteiger partial charge < -0.3 is 13.9 Å². The van der Waals surface area contributed by atoms with Gasteiger partial charge >= 0.3 is 11.9 Å². The molecule has 154 valence electrons. The second kappa shape index (κ2) is 9.20. The van der Waals surface area contributed by atoms with Crippen molar-refractivity contribution in [2.45, 2.75) is 31.9 Å². The van der Waals surface area contributed by atoms with Crippen molar-refractivity contribution >= 4 is 30.6 Å². The van der Waals surface area contributed by atoms with E-state index in [9.17, 15) is 9.59 Å². The van der Waals surface area contributed by atoms with E-state index in [-0.39, 0.29) is 10.6 Å². The quantitative estimate of drug-likeness (QED) is 0.398. The first-order valence-electron chi connectivity index (χ1n) is 9.33. The van der Waals surface area contributed by atoms with Crippen LogP contribution in [0.5, 0.6) is 0 Å². The molecule has 0 aromatic heterocycles. The summed E-state index contributed by atoms with van der Waals surface area (Å²) in [6, 6.07) is 19.6. The molecule has 0 radical (unpaired) electrons. The summed E-state index contributed by atoms with van der Waals surface area (Å²) in [5.41, 5.74) is -0.0904. The number of rotatable bonds is 7. The van der Waals surface area contributed by atoms with Crippen LogP contribution in [-0.4, -0.2) is 40.6 Å². The highest BCUT2D eigenvalue weighted by molar-refractivity contribution is 6.99. The molecule has 5 nitrogen and oxygen atoms in total. The predicted octanol–water partition coefficient (Wildman–Crippen LogP) is 2.83. The molecule has 0 amide bonds. The van der Waals surface area contributed by atoms with E-state index in [4.69, 9.17) is 13.9 Å². The van der Waals surface area contributed by atoms with Crippen LogP contribution < -0.4 is 10.4 Å². The average Bonchev–Trinajstić information content (AvgIpc) is 2.73. The Morgan fingerprint density at radius 3 is 1.66 bits per heavy atom. The van der Waals surface area contributed by atoms with Gasteiger partial charge in [0.05, 0.1) is 19.8 Å². The molecule has 1 atom stereocenters. The Balaban J connectivity index is 2.77. The molecule has 0 aliphatic heterocycles. The molecule has 0 saturated carbocycles. The first-order chi connectivity index (χ1) is 13.7. The van der Waals surface area contributed by atoms with Crippen LogP contribution in [0.2, 0.25) is 5.04 Å². The van der Waals surface area contributed by atoms with Crippen molar-refractivity contribution in [3.8, 4) is 0 Å². The van der Waals surface area contributed by atoms with Gasteiger partial charge in [0, 0.05) is 0 Å². The lowest BCUT2D eigenvalue weighted by molar-refractivity contribution is -0.150. The van der Waals surface area contributed by atoms with E-state index in [1.54, 1.807) is 0 Å². The van der Waals surface area contributed by atoms with Gasteiger partial charge in [0.1, 0.15) is 0 Å². The Kier molecular flexibility index (Phi) is 7.16. The Bertz CT molecular complexity index is 816. The molecule has 2 aromatic rings. The van der Waals surface area contributed by atoms with Gasteiger partial charge in [-0.15, -0.1) is 0 Å². The summed E-state index contributed by atoms with van der Waals surface area (Å²) >= 11 is 0. The van der Waals surface area contributed by atoms with Crippen molar-refractivity contribution in [1.82, 2.24) is 0 Å². The van der Waals surface area contributed by atoms with Gasteiger partial charge in [-0.3, -0.25) is 0 Å². The standard InChI is InChI=1S/C23H28O5Si/c1-17(21(24)26-5)20(22(25)27-6)28-29(23(2,3)4,18-13-9-7-10-14-18)19-15-11-8-12-16-19/h7-16,20H,1H2,2-6H3. The number of benzene rings is 2. The fraction of sp³-hybridized carbons (Fsp3) is 0.304.